The van der Waals surface area contributed by atoms with Gasteiger partial charge in [-0.1, -0.05) is 34.1 Å². The summed E-state index contributed by atoms with van der Waals surface area (Å²) in [5.41, 5.74) is 2.64. The van der Waals surface area contributed by atoms with E-state index in [-0.39, 0.29) is 11.7 Å². The average Bonchev–Trinajstić information content (AvgIpc) is 3.11. The second kappa shape index (κ2) is 7.26. The highest BCUT2D eigenvalue weighted by atomic mass is 79.9. The Morgan fingerprint density at radius 3 is 2.67 bits per heavy atom. The summed E-state index contributed by atoms with van der Waals surface area (Å²) in [5.74, 6) is -0.187. The van der Waals surface area contributed by atoms with Crippen molar-refractivity contribution in [1.82, 2.24) is 4.90 Å². The number of hydrogen-bond acceptors (Lipinski definition) is 3. The van der Waals surface area contributed by atoms with Gasteiger partial charge >= 0.3 is 0 Å². The van der Waals surface area contributed by atoms with Crippen molar-refractivity contribution in [3.63, 3.8) is 0 Å². The minimum atomic E-state index is -0.190. The van der Waals surface area contributed by atoms with Gasteiger partial charge in [0.2, 0.25) is 0 Å². The monoisotopic (exact) mass is 388 g/mol. The maximum atomic E-state index is 12.7. The Bertz CT molecular complexity index is 742. The lowest BCUT2D eigenvalue weighted by molar-refractivity contribution is 0.0782. The van der Waals surface area contributed by atoms with Crippen molar-refractivity contribution < 1.29 is 9.90 Å². The molecule has 0 aromatic heterocycles. The molecule has 4 nitrogen and oxygen atoms in total. The topological polar surface area (TPSA) is 43.8 Å². The van der Waals surface area contributed by atoms with Gasteiger partial charge in [0.25, 0.3) is 5.91 Å². The molecule has 1 fully saturated rings. The van der Waals surface area contributed by atoms with Crippen molar-refractivity contribution in [2.75, 3.05) is 25.0 Å². The van der Waals surface area contributed by atoms with Crippen molar-refractivity contribution in [3.8, 4) is 5.75 Å². The number of benzene rings is 2. The molecule has 1 amide bonds. The van der Waals surface area contributed by atoms with Crippen LogP contribution in [0.2, 0.25) is 0 Å². The van der Waals surface area contributed by atoms with E-state index in [1.54, 1.807) is 24.1 Å². The SMILES string of the molecule is CN(Cc1ccccc1N1CCCC1)C(=O)c1cc(Br)ccc1O. The second-order valence-corrected chi connectivity index (χ2v) is 7.06. The summed E-state index contributed by atoms with van der Waals surface area (Å²) in [6, 6.07) is 13.1. The highest BCUT2D eigenvalue weighted by Crippen LogP contribution is 2.27. The molecule has 5 heteroatoms. The number of hydrogen-bond donors (Lipinski definition) is 1. The molecule has 1 aliphatic heterocycles. The number of phenols is 1. The van der Waals surface area contributed by atoms with Gasteiger partial charge in [0, 0.05) is 36.8 Å². The Hall–Kier alpha value is -2.01. The highest BCUT2D eigenvalue weighted by molar-refractivity contribution is 9.10. The predicted molar refractivity (Wildman–Crippen MR) is 99.5 cm³/mol. The third-order valence-electron chi connectivity index (χ3n) is 4.38. The first-order valence-corrected chi connectivity index (χ1v) is 8.92. The van der Waals surface area contributed by atoms with Crippen LogP contribution in [-0.4, -0.2) is 36.1 Å². The highest BCUT2D eigenvalue weighted by Gasteiger charge is 2.20. The van der Waals surface area contributed by atoms with Crippen molar-refractivity contribution in [1.29, 1.82) is 0 Å². The lowest BCUT2D eigenvalue weighted by Gasteiger charge is -2.24. The van der Waals surface area contributed by atoms with E-state index in [0.717, 1.165) is 23.1 Å². The van der Waals surface area contributed by atoms with Crippen LogP contribution in [-0.2, 0) is 6.54 Å². The Kier molecular flexibility index (Phi) is 5.09. The largest absolute Gasteiger partial charge is 0.507 e. The quantitative estimate of drug-likeness (QED) is 0.859. The molecular formula is C19H21BrN2O2. The maximum absolute atomic E-state index is 12.7. The lowest BCUT2D eigenvalue weighted by Crippen LogP contribution is -2.28. The third kappa shape index (κ3) is 3.56. The van der Waals surface area contributed by atoms with Crippen LogP contribution < -0.4 is 4.90 Å². The summed E-state index contributed by atoms with van der Waals surface area (Å²) in [6.07, 6.45) is 2.43. The fourth-order valence-corrected chi connectivity index (χ4v) is 3.48. The molecule has 0 radical (unpaired) electrons. The minimum Gasteiger partial charge on any atom is -0.507 e. The van der Waals surface area contributed by atoms with Crippen molar-refractivity contribution >= 4 is 27.5 Å². The molecule has 1 N–H and O–H groups in total. The van der Waals surface area contributed by atoms with Crippen LogP contribution in [0, 0.1) is 0 Å². The number of carbonyl (C=O) groups excluding carboxylic acids is 1. The van der Waals surface area contributed by atoms with Gasteiger partial charge in [0.1, 0.15) is 5.75 Å². The Morgan fingerprint density at radius 2 is 1.92 bits per heavy atom. The van der Waals surface area contributed by atoms with E-state index in [1.807, 2.05) is 12.1 Å². The molecule has 0 aliphatic carbocycles. The van der Waals surface area contributed by atoms with E-state index < -0.39 is 0 Å². The Balaban J connectivity index is 1.81. The summed E-state index contributed by atoms with van der Waals surface area (Å²) in [4.78, 5) is 16.7. The first-order chi connectivity index (χ1) is 11.6. The van der Waals surface area contributed by atoms with Crippen LogP contribution in [0.5, 0.6) is 5.75 Å². The van der Waals surface area contributed by atoms with Gasteiger partial charge in [-0.25, -0.2) is 0 Å². The predicted octanol–water partition coefficient (Wildman–Crippen LogP) is 4.03. The molecule has 2 aromatic rings. The van der Waals surface area contributed by atoms with Gasteiger partial charge in [-0.15, -0.1) is 0 Å². The number of halogens is 1. The van der Waals surface area contributed by atoms with Gasteiger partial charge in [-0.2, -0.15) is 0 Å². The maximum Gasteiger partial charge on any atom is 0.257 e. The first-order valence-electron chi connectivity index (χ1n) is 8.13. The van der Waals surface area contributed by atoms with Crippen LogP contribution in [0.25, 0.3) is 0 Å². The van der Waals surface area contributed by atoms with E-state index in [9.17, 15) is 9.90 Å². The number of aromatic hydroxyl groups is 1. The first kappa shape index (κ1) is 16.8. The summed E-state index contributed by atoms with van der Waals surface area (Å²) in [5, 5.41) is 9.97. The zero-order valence-corrected chi connectivity index (χ0v) is 15.3. The van der Waals surface area contributed by atoms with Crippen molar-refractivity contribution in [3.05, 3.63) is 58.1 Å². The Morgan fingerprint density at radius 1 is 1.21 bits per heavy atom. The zero-order chi connectivity index (χ0) is 17.1. The van der Waals surface area contributed by atoms with E-state index in [2.05, 4.69) is 33.0 Å². The molecule has 0 spiro atoms. The van der Waals surface area contributed by atoms with Gasteiger partial charge in [-0.3, -0.25) is 4.79 Å². The number of anilines is 1. The number of phenolic OH excluding ortho intramolecular Hbond substituents is 1. The molecular weight excluding hydrogens is 368 g/mol. The van der Waals surface area contributed by atoms with Gasteiger partial charge in [0.15, 0.2) is 0 Å². The molecule has 0 saturated carbocycles. The van der Waals surface area contributed by atoms with Gasteiger partial charge in [0.05, 0.1) is 5.56 Å². The van der Waals surface area contributed by atoms with Crippen LogP contribution in [0.15, 0.2) is 46.9 Å². The average molecular weight is 389 g/mol. The van der Waals surface area contributed by atoms with Crippen molar-refractivity contribution in [2.24, 2.45) is 0 Å². The molecule has 3 rings (SSSR count). The molecule has 126 valence electrons. The molecule has 0 bridgehead atoms. The number of rotatable bonds is 4. The van der Waals surface area contributed by atoms with E-state index in [1.165, 1.54) is 24.6 Å². The van der Waals surface area contributed by atoms with E-state index >= 15 is 0 Å². The minimum absolute atomic E-state index is 0.00266. The summed E-state index contributed by atoms with van der Waals surface area (Å²) in [6.45, 7) is 2.65. The summed E-state index contributed by atoms with van der Waals surface area (Å²) >= 11 is 3.35. The van der Waals surface area contributed by atoms with Crippen LogP contribution in [0.1, 0.15) is 28.8 Å². The van der Waals surface area contributed by atoms with Gasteiger partial charge < -0.3 is 14.9 Å². The fraction of sp³-hybridized carbons (Fsp3) is 0.316. The number of nitrogens with zero attached hydrogens (tertiary/aromatic N) is 2. The fourth-order valence-electron chi connectivity index (χ4n) is 3.12. The van der Waals surface area contributed by atoms with Crippen LogP contribution in [0.3, 0.4) is 0 Å². The van der Waals surface area contributed by atoms with Crippen LogP contribution in [0.4, 0.5) is 5.69 Å². The Labute approximate surface area is 150 Å². The lowest BCUT2D eigenvalue weighted by atomic mass is 10.1. The molecule has 1 saturated heterocycles. The van der Waals surface area contributed by atoms with Crippen LogP contribution >= 0.6 is 15.9 Å². The van der Waals surface area contributed by atoms with E-state index in [0.29, 0.717) is 12.1 Å². The molecule has 0 atom stereocenters. The number of amides is 1. The van der Waals surface area contributed by atoms with Crippen molar-refractivity contribution in [2.45, 2.75) is 19.4 Å². The molecule has 2 aromatic carbocycles. The second-order valence-electron chi connectivity index (χ2n) is 6.15. The molecule has 0 unspecified atom stereocenters. The molecule has 24 heavy (non-hydrogen) atoms. The summed E-state index contributed by atoms with van der Waals surface area (Å²) < 4.78 is 0.773. The third-order valence-corrected chi connectivity index (χ3v) is 4.87. The van der Waals surface area contributed by atoms with Gasteiger partial charge in [-0.05, 0) is 42.7 Å². The number of carbonyl (C=O) groups is 1. The van der Waals surface area contributed by atoms with E-state index in [4.69, 9.17) is 0 Å². The standard InChI is InChI=1S/C19H21BrN2O2/c1-21(19(24)16-12-15(20)8-9-18(16)23)13-14-6-2-3-7-17(14)22-10-4-5-11-22/h2-3,6-9,12,23H,4-5,10-11,13H2,1H3. The summed E-state index contributed by atoms with van der Waals surface area (Å²) in [7, 11) is 1.77. The normalized spacial score (nSPS) is 14.0. The molecule has 1 aliphatic rings. The smallest absolute Gasteiger partial charge is 0.257 e. The zero-order valence-electron chi connectivity index (χ0n) is 13.7. The molecule has 1 heterocycles. The number of para-hydroxylation sites is 1.